The first kappa shape index (κ1) is 19.5. The maximum Gasteiger partial charge on any atom is 0.338 e. The van der Waals surface area contributed by atoms with E-state index in [1.54, 1.807) is 28.8 Å². The van der Waals surface area contributed by atoms with Crippen molar-refractivity contribution >= 4 is 23.3 Å². The number of carbonyl (C=O) groups excluding carboxylic acids is 2. The smallest absolute Gasteiger partial charge is 0.338 e. The third kappa shape index (κ3) is 4.33. The number of ether oxygens (including phenoxy) is 1. The van der Waals surface area contributed by atoms with Crippen LogP contribution in [-0.2, 0) is 16.0 Å². The Kier molecular flexibility index (Phi) is 5.98. The lowest BCUT2D eigenvalue weighted by molar-refractivity contribution is -0.116. The second-order valence-corrected chi connectivity index (χ2v) is 6.49. The van der Waals surface area contributed by atoms with E-state index >= 15 is 0 Å². The van der Waals surface area contributed by atoms with Gasteiger partial charge in [0, 0.05) is 23.5 Å². The Bertz CT molecular complexity index is 995. The Morgan fingerprint density at radius 3 is 2.64 bits per heavy atom. The molecule has 0 radical (unpaired) electrons. The predicted molar refractivity (Wildman–Crippen MR) is 104 cm³/mol. The van der Waals surface area contributed by atoms with Crippen LogP contribution in [0.5, 0.6) is 0 Å². The molecule has 0 aliphatic carbocycles. The maximum absolute atomic E-state index is 12.3. The number of carbonyl (C=O) groups is 2. The van der Waals surface area contributed by atoms with Crippen molar-refractivity contribution in [1.82, 2.24) is 19.6 Å². The average Bonchev–Trinajstić information content (AvgIpc) is 3.15. The molecule has 3 aromatic rings. The molecule has 0 bridgehead atoms. The van der Waals surface area contributed by atoms with Crippen LogP contribution in [0.3, 0.4) is 0 Å². The zero-order valence-electron chi connectivity index (χ0n) is 16.2. The summed E-state index contributed by atoms with van der Waals surface area (Å²) < 4.78 is 6.77. The van der Waals surface area contributed by atoms with E-state index in [-0.39, 0.29) is 11.9 Å². The number of hydrogen-bond acceptors (Lipinski definition) is 6. The number of amides is 1. The summed E-state index contributed by atoms with van der Waals surface area (Å²) in [7, 11) is 0. The van der Waals surface area contributed by atoms with Crippen LogP contribution in [0.15, 0.2) is 30.6 Å². The largest absolute Gasteiger partial charge is 0.462 e. The van der Waals surface area contributed by atoms with Gasteiger partial charge >= 0.3 is 5.97 Å². The molecule has 1 N–H and O–H groups in total. The molecule has 0 saturated heterocycles. The lowest BCUT2D eigenvalue weighted by atomic mass is 10.1. The van der Waals surface area contributed by atoms with E-state index in [0.717, 1.165) is 23.4 Å². The summed E-state index contributed by atoms with van der Waals surface area (Å²) in [6.07, 6.45) is 3.10. The molecule has 8 nitrogen and oxygen atoms in total. The lowest BCUT2D eigenvalue weighted by Gasteiger charge is -2.11. The number of anilines is 1. The van der Waals surface area contributed by atoms with E-state index in [4.69, 9.17) is 4.74 Å². The molecule has 0 aliphatic heterocycles. The highest BCUT2D eigenvalue weighted by Gasteiger charge is 2.13. The average molecular weight is 381 g/mol. The molecule has 2 heterocycles. The van der Waals surface area contributed by atoms with Gasteiger partial charge in [-0.25, -0.2) is 14.3 Å². The van der Waals surface area contributed by atoms with E-state index in [1.807, 2.05) is 20.8 Å². The number of aryl methyl sites for hydroxylation is 2. The summed E-state index contributed by atoms with van der Waals surface area (Å²) in [6, 6.07) is 6.68. The fourth-order valence-corrected chi connectivity index (χ4v) is 2.95. The van der Waals surface area contributed by atoms with Crippen LogP contribution >= 0.6 is 0 Å². The Morgan fingerprint density at radius 2 is 1.93 bits per heavy atom. The maximum atomic E-state index is 12.3. The van der Waals surface area contributed by atoms with E-state index < -0.39 is 0 Å². The summed E-state index contributed by atoms with van der Waals surface area (Å²) in [6.45, 7) is 6.19. The minimum absolute atomic E-state index is 0.112. The molecule has 0 unspecified atom stereocenters. The van der Waals surface area contributed by atoms with Gasteiger partial charge in [0.05, 0.1) is 12.2 Å². The molecule has 28 heavy (non-hydrogen) atoms. The van der Waals surface area contributed by atoms with Crippen molar-refractivity contribution in [3.8, 4) is 0 Å². The number of aromatic nitrogens is 4. The van der Waals surface area contributed by atoms with Crippen LogP contribution in [0.4, 0.5) is 5.69 Å². The Morgan fingerprint density at radius 1 is 1.18 bits per heavy atom. The first-order chi connectivity index (χ1) is 13.5. The van der Waals surface area contributed by atoms with Crippen LogP contribution in [0.25, 0.3) is 5.78 Å². The predicted octanol–water partition coefficient (Wildman–Crippen LogP) is 2.88. The van der Waals surface area contributed by atoms with Crippen LogP contribution in [0.2, 0.25) is 0 Å². The van der Waals surface area contributed by atoms with E-state index in [2.05, 4.69) is 20.4 Å². The van der Waals surface area contributed by atoms with E-state index in [9.17, 15) is 9.59 Å². The molecule has 1 amide bonds. The van der Waals surface area contributed by atoms with Crippen molar-refractivity contribution < 1.29 is 14.3 Å². The second-order valence-electron chi connectivity index (χ2n) is 6.49. The summed E-state index contributed by atoms with van der Waals surface area (Å²) in [5.41, 5.74) is 3.87. The van der Waals surface area contributed by atoms with Gasteiger partial charge in [-0.1, -0.05) is 6.92 Å². The lowest BCUT2D eigenvalue weighted by Crippen LogP contribution is -2.14. The summed E-state index contributed by atoms with van der Waals surface area (Å²) in [4.78, 5) is 32.6. The number of esters is 1. The van der Waals surface area contributed by atoms with Crippen molar-refractivity contribution in [1.29, 1.82) is 0 Å². The molecule has 146 valence electrons. The zero-order chi connectivity index (χ0) is 20.1. The number of nitrogens with zero attached hydrogens (tertiary/aromatic N) is 4. The van der Waals surface area contributed by atoms with Crippen LogP contribution in [0, 0.1) is 13.8 Å². The van der Waals surface area contributed by atoms with Gasteiger partial charge in [-0.3, -0.25) is 4.79 Å². The van der Waals surface area contributed by atoms with Gasteiger partial charge in [0.25, 0.3) is 5.78 Å². The SMILES string of the molecule is CCCOC(=O)c1ccc(NC(=O)CCc2c(C)nc3ncnn3c2C)cc1. The van der Waals surface area contributed by atoms with Crippen molar-refractivity contribution in [2.75, 3.05) is 11.9 Å². The monoisotopic (exact) mass is 381 g/mol. The Labute approximate surface area is 163 Å². The Balaban J connectivity index is 1.60. The first-order valence-electron chi connectivity index (χ1n) is 9.22. The zero-order valence-corrected chi connectivity index (χ0v) is 16.2. The van der Waals surface area contributed by atoms with Crippen molar-refractivity contribution in [3.63, 3.8) is 0 Å². The van der Waals surface area contributed by atoms with Crippen LogP contribution in [0.1, 0.15) is 47.1 Å². The molecule has 8 heteroatoms. The molecule has 3 rings (SSSR count). The molecule has 0 spiro atoms. The molecular formula is C20H23N5O3. The van der Waals surface area contributed by atoms with Gasteiger partial charge in [0.1, 0.15) is 6.33 Å². The molecule has 2 aromatic heterocycles. The minimum Gasteiger partial charge on any atom is -0.462 e. The number of benzene rings is 1. The highest BCUT2D eigenvalue weighted by Crippen LogP contribution is 2.16. The van der Waals surface area contributed by atoms with Crippen molar-refractivity contribution in [2.45, 2.75) is 40.0 Å². The number of hydrogen-bond donors (Lipinski definition) is 1. The Hall–Kier alpha value is -3.29. The third-order valence-electron chi connectivity index (χ3n) is 4.43. The second kappa shape index (κ2) is 8.60. The summed E-state index contributed by atoms with van der Waals surface area (Å²) >= 11 is 0. The highest BCUT2D eigenvalue weighted by atomic mass is 16.5. The van der Waals surface area contributed by atoms with Gasteiger partial charge in [0.15, 0.2) is 0 Å². The summed E-state index contributed by atoms with van der Waals surface area (Å²) in [5, 5.41) is 7.01. The number of rotatable bonds is 7. The number of nitrogens with one attached hydrogen (secondary N) is 1. The van der Waals surface area contributed by atoms with Gasteiger partial charge < -0.3 is 10.1 Å². The first-order valence-corrected chi connectivity index (χ1v) is 9.22. The molecule has 1 aromatic carbocycles. The molecule has 0 aliphatic rings. The molecule has 0 fully saturated rings. The minimum atomic E-state index is -0.360. The molecule has 0 atom stereocenters. The van der Waals surface area contributed by atoms with Crippen LogP contribution in [-0.4, -0.2) is 38.1 Å². The quantitative estimate of drug-likeness (QED) is 0.632. The van der Waals surface area contributed by atoms with Gasteiger partial charge in [0.2, 0.25) is 5.91 Å². The van der Waals surface area contributed by atoms with E-state index in [0.29, 0.717) is 36.5 Å². The van der Waals surface area contributed by atoms with Crippen LogP contribution < -0.4 is 5.32 Å². The standard InChI is InChI=1S/C20H23N5O3/c1-4-11-28-19(27)15-5-7-16(8-6-15)24-18(26)10-9-17-13(2)23-20-21-12-22-25(20)14(17)3/h5-8,12H,4,9-11H2,1-3H3,(H,24,26). The normalized spacial score (nSPS) is 10.8. The molecule has 0 saturated carbocycles. The fraction of sp³-hybridized carbons (Fsp3) is 0.350. The number of fused-ring (bicyclic) bond motifs is 1. The highest BCUT2D eigenvalue weighted by molar-refractivity contribution is 5.93. The van der Waals surface area contributed by atoms with Crippen molar-refractivity contribution in [2.24, 2.45) is 0 Å². The fourth-order valence-electron chi connectivity index (χ4n) is 2.95. The molecular weight excluding hydrogens is 358 g/mol. The van der Waals surface area contributed by atoms with Gasteiger partial charge in [-0.15, -0.1) is 0 Å². The third-order valence-corrected chi connectivity index (χ3v) is 4.43. The van der Waals surface area contributed by atoms with Gasteiger partial charge in [-0.2, -0.15) is 10.1 Å². The van der Waals surface area contributed by atoms with Gasteiger partial charge in [-0.05, 0) is 56.5 Å². The van der Waals surface area contributed by atoms with E-state index in [1.165, 1.54) is 6.33 Å². The van der Waals surface area contributed by atoms with Crippen molar-refractivity contribution in [3.05, 3.63) is 53.1 Å². The topological polar surface area (TPSA) is 98.5 Å². The summed E-state index contributed by atoms with van der Waals surface area (Å²) in [5.74, 6) is 0.0845.